The highest BCUT2D eigenvalue weighted by atomic mass is 16.4. The number of carbonyl (C=O) groups is 2. The number of hydrogen-bond acceptors (Lipinski definition) is 3. The van der Waals surface area contributed by atoms with Crippen LogP contribution in [-0.2, 0) is 16.1 Å². The monoisotopic (exact) mass is 290 g/mol. The zero-order valence-electron chi connectivity index (χ0n) is 12.6. The van der Waals surface area contributed by atoms with Gasteiger partial charge in [0.2, 0.25) is 5.91 Å². The standard InChI is InChI=1S/C16H22N2O3/c1-11-6-5-7-12(17-11)10-18(2)15(19)13-8-3-4-9-14(13)16(20)21/h5-7,13-14H,3-4,8-10H2,1-2H3,(H,20,21)/t13-,14+/m1/s1. The predicted octanol–water partition coefficient (Wildman–Crippen LogP) is 2.24. The zero-order chi connectivity index (χ0) is 15.4. The molecule has 1 fully saturated rings. The number of carbonyl (C=O) groups excluding carboxylic acids is 1. The molecule has 0 aliphatic heterocycles. The smallest absolute Gasteiger partial charge is 0.307 e. The summed E-state index contributed by atoms with van der Waals surface area (Å²) in [5, 5.41) is 9.28. The number of aromatic nitrogens is 1. The third-order valence-corrected chi connectivity index (χ3v) is 4.12. The minimum atomic E-state index is -0.852. The Bertz CT molecular complexity index is 530. The van der Waals surface area contributed by atoms with E-state index in [1.54, 1.807) is 11.9 Å². The van der Waals surface area contributed by atoms with Crippen molar-refractivity contribution in [3.05, 3.63) is 29.6 Å². The van der Waals surface area contributed by atoms with Gasteiger partial charge < -0.3 is 10.0 Å². The van der Waals surface area contributed by atoms with Crippen LogP contribution < -0.4 is 0 Å². The summed E-state index contributed by atoms with van der Waals surface area (Å²) in [5.74, 6) is -1.87. The number of rotatable bonds is 4. The second kappa shape index (κ2) is 6.70. The summed E-state index contributed by atoms with van der Waals surface area (Å²) in [6, 6.07) is 5.70. The van der Waals surface area contributed by atoms with Gasteiger partial charge in [0, 0.05) is 12.7 Å². The fraction of sp³-hybridized carbons (Fsp3) is 0.562. The van der Waals surface area contributed by atoms with Crippen molar-refractivity contribution in [2.45, 2.75) is 39.2 Å². The molecule has 2 atom stereocenters. The number of aryl methyl sites for hydroxylation is 1. The maximum absolute atomic E-state index is 12.5. The zero-order valence-corrected chi connectivity index (χ0v) is 12.6. The summed E-state index contributed by atoms with van der Waals surface area (Å²) in [6.45, 7) is 2.33. The van der Waals surface area contributed by atoms with Gasteiger partial charge in [-0.1, -0.05) is 18.9 Å². The number of aliphatic carboxylic acids is 1. The molecule has 1 N–H and O–H groups in total. The van der Waals surface area contributed by atoms with Gasteiger partial charge in [-0.3, -0.25) is 14.6 Å². The SMILES string of the molecule is Cc1cccc(CN(C)C(=O)[C@@H]2CCCC[C@@H]2C(=O)O)n1. The van der Waals surface area contributed by atoms with Gasteiger partial charge in [-0.15, -0.1) is 0 Å². The lowest BCUT2D eigenvalue weighted by atomic mass is 9.78. The molecule has 0 unspecified atom stereocenters. The fourth-order valence-electron chi connectivity index (χ4n) is 3.01. The lowest BCUT2D eigenvalue weighted by molar-refractivity contribution is -0.152. The Hall–Kier alpha value is -1.91. The topological polar surface area (TPSA) is 70.5 Å². The van der Waals surface area contributed by atoms with Crippen molar-refractivity contribution in [3.63, 3.8) is 0 Å². The van der Waals surface area contributed by atoms with E-state index < -0.39 is 17.8 Å². The summed E-state index contributed by atoms with van der Waals surface area (Å²) in [5.41, 5.74) is 1.74. The van der Waals surface area contributed by atoms with Gasteiger partial charge in [-0.2, -0.15) is 0 Å². The van der Waals surface area contributed by atoms with Crippen LogP contribution in [0.25, 0.3) is 0 Å². The molecule has 1 aromatic heterocycles. The van der Waals surface area contributed by atoms with Crippen LogP contribution in [0.1, 0.15) is 37.1 Å². The summed E-state index contributed by atoms with van der Waals surface area (Å²) in [7, 11) is 1.72. The first-order chi connectivity index (χ1) is 9.99. The number of nitrogens with zero attached hydrogens (tertiary/aromatic N) is 2. The van der Waals surface area contributed by atoms with Crippen LogP contribution in [0.5, 0.6) is 0 Å². The van der Waals surface area contributed by atoms with Gasteiger partial charge in [0.05, 0.1) is 24.1 Å². The Morgan fingerprint density at radius 3 is 2.57 bits per heavy atom. The first-order valence-electron chi connectivity index (χ1n) is 7.39. The van der Waals surface area contributed by atoms with E-state index in [1.165, 1.54) is 0 Å². The molecule has 0 aromatic carbocycles. The molecule has 1 aromatic rings. The van der Waals surface area contributed by atoms with E-state index in [0.29, 0.717) is 19.4 Å². The highest BCUT2D eigenvalue weighted by Gasteiger charge is 2.37. The lowest BCUT2D eigenvalue weighted by Gasteiger charge is -2.30. The van der Waals surface area contributed by atoms with Crippen LogP contribution in [0.4, 0.5) is 0 Å². The van der Waals surface area contributed by atoms with Crippen molar-refractivity contribution in [1.29, 1.82) is 0 Å². The Morgan fingerprint density at radius 2 is 1.95 bits per heavy atom. The molecule has 5 heteroatoms. The largest absolute Gasteiger partial charge is 0.481 e. The highest BCUT2D eigenvalue weighted by Crippen LogP contribution is 2.31. The quantitative estimate of drug-likeness (QED) is 0.923. The van der Waals surface area contributed by atoms with Crippen LogP contribution in [0.3, 0.4) is 0 Å². The molecule has 1 aliphatic rings. The fourth-order valence-corrected chi connectivity index (χ4v) is 3.01. The molecule has 0 spiro atoms. The third-order valence-electron chi connectivity index (χ3n) is 4.12. The van der Waals surface area contributed by atoms with Crippen molar-refractivity contribution in [2.75, 3.05) is 7.05 Å². The first-order valence-corrected chi connectivity index (χ1v) is 7.39. The molecule has 1 saturated carbocycles. The molecule has 0 radical (unpaired) electrons. The number of amides is 1. The molecule has 1 heterocycles. The molecular formula is C16H22N2O3. The van der Waals surface area contributed by atoms with E-state index in [0.717, 1.165) is 24.2 Å². The Labute approximate surface area is 125 Å². The maximum atomic E-state index is 12.5. The van der Waals surface area contributed by atoms with E-state index in [1.807, 2.05) is 25.1 Å². The Morgan fingerprint density at radius 1 is 1.29 bits per heavy atom. The summed E-state index contributed by atoms with van der Waals surface area (Å²) in [6.07, 6.45) is 3.09. The van der Waals surface area contributed by atoms with Gasteiger partial charge in [-0.25, -0.2) is 0 Å². The van der Waals surface area contributed by atoms with E-state index in [9.17, 15) is 14.7 Å². The van der Waals surface area contributed by atoms with E-state index >= 15 is 0 Å². The number of carboxylic acids is 1. The van der Waals surface area contributed by atoms with Crippen LogP contribution in [0.15, 0.2) is 18.2 Å². The molecule has 114 valence electrons. The van der Waals surface area contributed by atoms with Crippen molar-refractivity contribution in [3.8, 4) is 0 Å². The second-order valence-electron chi connectivity index (χ2n) is 5.80. The van der Waals surface area contributed by atoms with Gasteiger partial charge in [0.1, 0.15) is 0 Å². The van der Waals surface area contributed by atoms with E-state index in [4.69, 9.17) is 0 Å². The number of pyridine rings is 1. The second-order valence-corrected chi connectivity index (χ2v) is 5.80. The molecule has 21 heavy (non-hydrogen) atoms. The van der Waals surface area contributed by atoms with Gasteiger partial charge in [0.15, 0.2) is 0 Å². The molecular weight excluding hydrogens is 268 g/mol. The Kier molecular flexibility index (Phi) is 4.94. The number of carboxylic acid groups (broad SMARTS) is 1. The predicted molar refractivity (Wildman–Crippen MR) is 78.5 cm³/mol. The molecule has 0 bridgehead atoms. The van der Waals surface area contributed by atoms with E-state index in [-0.39, 0.29) is 5.91 Å². The average Bonchev–Trinajstić information content (AvgIpc) is 2.46. The molecule has 1 amide bonds. The van der Waals surface area contributed by atoms with Crippen LogP contribution in [0, 0.1) is 18.8 Å². The van der Waals surface area contributed by atoms with Crippen molar-refractivity contribution in [2.24, 2.45) is 11.8 Å². The molecule has 5 nitrogen and oxygen atoms in total. The van der Waals surface area contributed by atoms with Gasteiger partial charge >= 0.3 is 5.97 Å². The Balaban J connectivity index is 2.05. The lowest BCUT2D eigenvalue weighted by Crippen LogP contribution is -2.40. The average molecular weight is 290 g/mol. The third kappa shape index (κ3) is 3.80. The minimum absolute atomic E-state index is 0.0783. The van der Waals surface area contributed by atoms with Crippen LogP contribution in [-0.4, -0.2) is 33.9 Å². The van der Waals surface area contributed by atoms with Gasteiger partial charge in [0.25, 0.3) is 0 Å². The highest BCUT2D eigenvalue weighted by molar-refractivity contribution is 5.84. The molecule has 0 saturated heterocycles. The summed E-state index contributed by atoms with van der Waals surface area (Å²) >= 11 is 0. The van der Waals surface area contributed by atoms with Crippen molar-refractivity contribution in [1.82, 2.24) is 9.88 Å². The maximum Gasteiger partial charge on any atom is 0.307 e. The molecule has 2 rings (SSSR count). The minimum Gasteiger partial charge on any atom is -0.481 e. The van der Waals surface area contributed by atoms with E-state index in [2.05, 4.69) is 4.98 Å². The normalized spacial score (nSPS) is 21.8. The molecule has 1 aliphatic carbocycles. The van der Waals surface area contributed by atoms with Crippen molar-refractivity contribution >= 4 is 11.9 Å². The summed E-state index contributed by atoms with van der Waals surface area (Å²) in [4.78, 5) is 29.8. The van der Waals surface area contributed by atoms with Crippen LogP contribution in [0.2, 0.25) is 0 Å². The van der Waals surface area contributed by atoms with Gasteiger partial charge in [-0.05, 0) is 31.9 Å². The summed E-state index contributed by atoms with van der Waals surface area (Å²) < 4.78 is 0. The number of hydrogen-bond donors (Lipinski definition) is 1. The first kappa shape index (κ1) is 15.5. The van der Waals surface area contributed by atoms with Crippen molar-refractivity contribution < 1.29 is 14.7 Å². The van der Waals surface area contributed by atoms with Crippen LogP contribution >= 0.6 is 0 Å².